The van der Waals surface area contributed by atoms with Crippen molar-refractivity contribution in [3.05, 3.63) is 79.0 Å². The van der Waals surface area contributed by atoms with E-state index in [0.29, 0.717) is 6.61 Å². The van der Waals surface area contributed by atoms with E-state index in [2.05, 4.69) is 40.9 Å². The number of aromatic nitrogens is 2. The van der Waals surface area contributed by atoms with E-state index in [1.807, 2.05) is 49.4 Å². The fourth-order valence-electron chi connectivity index (χ4n) is 2.92. The van der Waals surface area contributed by atoms with Crippen molar-refractivity contribution < 1.29 is 4.74 Å². The van der Waals surface area contributed by atoms with Crippen molar-refractivity contribution in [2.45, 2.75) is 6.92 Å². The highest BCUT2D eigenvalue weighted by molar-refractivity contribution is 5.81. The van der Waals surface area contributed by atoms with E-state index in [0.717, 1.165) is 33.9 Å². The molecule has 0 aliphatic heterocycles. The van der Waals surface area contributed by atoms with Gasteiger partial charge in [0.25, 0.3) is 0 Å². The number of rotatable bonds is 4. The van der Waals surface area contributed by atoms with Crippen molar-refractivity contribution in [1.82, 2.24) is 9.38 Å². The van der Waals surface area contributed by atoms with Gasteiger partial charge in [-0.3, -0.25) is 4.40 Å². The zero-order valence-corrected chi connectivity index (χ0v) is 13.5. The quantitative estimate of drug-likeness (QED) is 0.526. The zero-order valence-electron chi connectivity index (χ0n) is 13.5. The monoisotopic (exact) mass is 314 g/mol. The number of pyridine rings is 1. The number of fused-ring (bicyclic) bond motifs is 1. The van der Waals surface area contributed by atoms with Crippen molar-refractivity contribution in [3.63, 3.8) is 0 Å². The molecule has 0 spiro atoms. The molecule has 24 heavy (non-hydrogen) atoms. The molecule has 0 fully saturated rings. The average Bonchev–Trinajstić information content (AvgIpc) is 3.03. The van der Waals surface area contributed by atoms with Crippen molar-refractivity contribution in [3.8, 4) is 28.4 Å². The minimum Gasteiger partial charge on any atom is -0.494 e. The predicted octanol–water partition coefficient (Wildman–Crippen LogP) is 5.07. The van der Waals surface area contributed by atoms with Gasteiger partial charge in [-0.05, 0) is 43.3 Å². The molecule has 0 amide bonds. The van der Waals surface area contributed by atoms with Gasteiger partial charge in [0.15, 0.2) is 0 Å². The topological polar surface area (TPSA) is 26.5 Å². The Labute approximate surface area is 141 Å². The molecule has 4 rings (SSSR count). The molecule has 0 aliphatic carbocycles. The number of imidazole rings is 1. The van der Waals surface area contributed by atoms with Crippen LogP contribution in [0.5, 0.6) is 5.75 Å². The summed E-state index contributed by atoms with van der Waals surface area (Å²) in [6.45, 7) is 2.66. The second-order valence-electron chi connectivity index (χ2n) is 5.56. The summed E-state index contributed by atoms with van der Waals surface area (Å²) >= 11 is 0. The Hall–Kier alpha value is -3.07. The molecular weight excluding hydrogens is 296 g/mol. The largest absolute Gasteiger partial charge is 0.494 e. The second-order valence-corrected chi connectivity index (χ2v) is 5.56. The summed E-state index contributed by atoms with van der Waals surface area (Å²) in [4.78, 5) is 4.93. The van der Waals surface area contributed by atoms with Crippen LogP contribution >= 0.6 is 0 Å². The molecule has 2 aromatic carbocycles. The van der Waals surface area contributed by atoms with E-state index in [4.69, 9.17) is 9.72 Å². The fourth-order valence-corrected chi connectivity index (χ4v) is 2.92. The Morgan fingerprint density at radius 3 is 2.33 bits per heavy atom. The van der Waals surface area contributed by atoms with Crippen LogP contribution in [-0.2, 0) is 0 Å². The first-order chi connectivity index (χ1) is 11.9. The van der Waals surface area contributed by atoms with Gasteiger partial charge in [0.2, 0.25) is 0 Å². The van der Waals surface area contributed by atoms with Gasteiger partial charge in [-0.25, -0.2) is 4.98 Å². The average molecular weight is 314 g/mol. The third-order valence-electron chi connectivity index (χ3n) is 4.02. The molecule has 3 heteroatoms. The highest BCUT2D eigenvalue weighted by atomic mass is 16.5. The van der Waals surface area contributed by atoms with Crippen LogP contribution in [0.2, 0.25) is 0 Å². The van der Waals surface area contributed by atoms with E-state index in [-0.39, 0.29) is 0 Å². The normalized spacial score (nSPS) is 10.9. The number of benzene rings is 2. The van der Waals surface area contributed by atoms with Gasteiger partial charge in [0, 0.05) is 17.3 Å². The van der Waals surface area contributed by atoms with Crippen LogP contribution in [-0.4, -0.2) is 16.0 Å². The molecule has 0 bridgehead atoms. The smallest absolute Gasteiger partial charge is 0.145 e. The maximum atomic E-state index is 5.53. The molecule has 0 saturated carbocycles. The minimum absolute atomic E-state index is 0.670. The first kappa shape index (κ1) is 14.5. The number of ether oxygens (including phenoxy) is 1. The summed E-state index contributed by atoms with van der Waals surface area (Å²) in [5.41, 5.74) is 4.30. The maximum absolute atomic E-state index is 5.53. The number of hydrogen-bond donors (Lipinski definition) is 0. The Morgan fingerprint density at radius 2 is 1.58 bits per heavy atom. The van der Waals surface area contributed by atoms with Gasteiger partial charge in [-0.2, -0.15) is 0 Å². The molecule has 3 nitrogen and oxygen atoms in total. The molecule has 2 aromatic heterocycles. The van der Waals surface area contributed by atoms with E-state index in [1.165, 1.54) is 0 Å². The van der Waals surface area contributed by atoms with Crippen molar-refractivity contribution >= 4 is 5.52 Å². The lowest BCUT2D eigenvalue weighted by atomic mass is 10.1. The van der Waals surface area contributed by atoms with Crippen LogP contribution < -0.4 is 4.74 Å². The van der Waals surface area contributed by atoms with E-state index < -0.39 is 0 Å². The third-order valence-corrected chi connectivity index (χ3v) is 4.02. The van der Waals surface area contributed by atoms with Gasteiger partial charge in [0.05, 0.1) is 17.8 Å². The summed E-state index contributed by atoms with van der Waals surface area (Å²) < 4.78 is 7.67. The lowest BCUT2D eigenvalue weighted by Crippen LogP contribution is -1.92. The Kier molecular flexibility index (Phi) is 3.75. The van der Waals surface area contributed by atoms with Crippen LogP contribution in [0.3, 0.4) is 0 Å². The van der Waals surface area contributed by atoms with Gasteiger partial charge in [-0.1, -0.05) is 36.4 Å². The predicted molar refractivity (Wildman–Crippen MR) is 97.2 cm³/mol. The minimum atomic E-state index is 0.670. The molecular formula is C21H18N2O. The van der Waals surface area contributed by atoms with E-state index in [1.54, 1.807) is 0 Å². The highest BCUT2D eigenvalue weighted by Crippen LogP contribution is 2.30. The summed E-state index contributed by atoms with van der Waals surface area (Å²) in [6, 6.07) is 24.6. The fraction of sp³-hybridized carbons (Fsp3) is 0.0952. The van der Waals surface area contributed by atoms with Crippen LogP contribution in [0.1, 0.15) is 6.92 Å². The standard InChI is InChI=1S/C21H18N2O/c1-2-24-18-13-11-17(12-14-18)21-22-20(16-8-4-3-5-9-16)19-10-6-7-15-23(19)21/h3-15H,2H2,1H3. The highest BCUT2D eigenvalue weighted by Gasteiger charge is 2.13. The molecule has 0 atom stereocenters. The van der Waals surface area contributed by atoms with Crippen molar-refractivity contribution in [2.24, 2.45) is 0 Å². The number of hydrogen-bond acceptors (Lipinski definition) is 2. The summed E-state index contributed by atoms with van der Waals surface area (Å²) in [5.74, 6) is 1.82. The van der Waals surface area contributed by atoms with Crippen LogP contribution in [0, 0.1) is 0 Å². The Balaban J connectivity index is 1.87. The molecule has 0 radical (unpaired) electrons. The molecule has 2 heterocycles. The molecule has 0 saturated heterocycles. The first-order valence-corrected chi connectivity index (χ1v) is 8.12. The first-order valence-electron chi connectivity index (χ1n) is 8.12. The molecule has 118 valence electrons. The second kappa shape index (κ2) is 6.20. The van der Waals surface area contributed by atoms with Crippen molar-refractivity contribution in [1.29, 1.82) is 0 Å². The van der Waals surface area contributed by atoms with Gasteiger partial charge >= 0.3 is 0 Å². The van der Waals surface area contributed by atoms with Crippen LogP contribution in [0.4, 0.5) is 0 Å². The Morgan fingerprint density at radius 1 is 0.833 bits per heavy atom. The maximum Gasteiger partial charge on any atom is 0.145 e. The van der Waals surface area contributed by atoms with Gasteiger partial charge in [0.1, 0.15) is 11.6 Å². The lowest BCUT2D eigenvalue weighted by molar-refractivity contribution is 0.340. The molecule has 0 N–H and O–H groups in total. The van der Waals surface area contributed by atoms with E-state index >= 15 is 0 Å². The molecule has 4 aromatic rings. The van der Waals surface area contributed by atoms with Crippen LogP contribution in [0.25, 0.3) is 28.2 Å². The summed E-state index contributed by atoms with van der Waals surface area (Å²) in [6.07, 6.45) is 2.06. The lowest BCUT2D eigenvalue weighted by Gasteiger charge is -2.04. The summed E-state index contributed by atoms with van der Waals surface area (Å²) in [5, 5.41) is 0. The molecule has 0 unspecified atom stereocenters. The van der Waals surface area contributed by atoms with Gasteiger partial charge in [-0.15, -0.1) is 0 Å². The third kappa shape index (κ3) is 2.54. The molecule has 0 aliphatic rings. The van der Waals surface area contributed by atoms with E-state index in [9.17, 15) is 0 Å². The number of nitrogens with zero attached hydrogens (tertiary/aromatic N) is 2. The van der Waals surface area contributed by atoms with Crippen molar-refractivity contribution in [2.75, 3.05) is 6.61 Å². The van der Waals surface area contributed by atoms with Gasteiger partial charge < -0.3 is 4.74 Å². The SMILES string of the molecule is CCOc1ccc(-c2nc(-c3ccccc3)c3ccccn23)cc1. The zero-order chi connectivity index (χ0) is 16.4. The van der Waals surface area contributed by atoms with Crippen LogP contribution in [0.15, 0.2) is 79.0 Å². The Bertz CT molecular complexity index is 956. The summed E-state index contributed by atoms with van der Waals surface area (Å²) in [7, 11) is 0.